The maximum atomic E-state index is 12.1. The Morgan fingerprint density at radius 3 is 2.74 bits per heavy atom. The molecule has 0 atom stereocenters. The van der Waals surface area contributed by atoms with E-state index in [0.717, 1.165) is 11.3 Å². The molecule has 27 heavy (non-hydrogen) atoms. The Hall–Kier alpha value is -3.12. The molecule has 138 valence electrons. The van der Waals surface area contributed by atoms with Crippen LogP contribution in [0.1, 0.15) is 22.8 Å². The van der Waals surface area contributed by atoms with Gasteiger partial charge < -0.3 is 15.4 Å². The highest BCUT2D eigenvalue weighted by Gasteiger charge is 2.12. The number of aryl methyl sites for hydroxylation is 1. The van der Waals surface area contributed by atoms with Gasteiger partial charge in [0.05, 0.1) is 17.9 Å². The normalized spacial score (nSPS) is 10.3. The van der Waals surface area contributed by atoms with E-state index in [4.69, 9.17) is 16.3 Å². The van der Waals surface area contributed by atoms with Crippen molar-refractivity contribution in [1.82, 2.24) is 9.97 Å². The lowest BCUT2D eigenvalue weighted by Gasteiger charge is -2.12. The topological polar surface area (TPSA) is 76.1 Å². The Balaban J connectivity index is 1.80. The number of nitrogens with zero attached hydrogens (tertiary/aromatic N) is 2. The SMILES string of the molecule is CCOC(=O)c1ccccc1Nc1ccnc(Nc2ccc(C)c(Cl)c2)n1. The maximum Gasteiger partial charge on any atom is 0.340 e. The molecule has 1 aromatic heterocycles. The number of carbonyl (C=O) groups excluding carboxylic acids is 1. The number of ether oxygens (including phenoxy) is 1. The van der Waals surface area contributed by atoms with Gasteiger partial charge in [0.15, 0.2) is 0 Å². The fourth-order valence-corrected chi connectivity index (χ4v) is 2.59. The molecular weight excluding hydrogens is 364 g/mol. The van der Waals surface area contributed by atoms with E-state index >= 15 is 0 Å². The number of rotatable bonds is 6. The van der Waals surface area contributed by atoms with Gasteiger partial charge in [-0.1, -0.05) is 29.8 Å². The number of benzene rings is 2. The second-order valence-corrected chi connectivity index (χ2v) is 6.15. The lowest BCUT2D eigenvalue weighted by atomic mass is 10.2. The zero-order chi connectivity index (χ0) is 19.2. The Morgan fingerprint density at radius 1 is 1.15 bits per heavy atom. The van der Waals surface area contributed by atoms with Crippen molar-refractivity contribution in [2.75, 3.05) is 17.2 Å². The second-order valence-electron chi connectivity index (χ2n) is 5.75. The molecule has 2 N–H and O–H groups in total. The van der Waals surface area contributed by atoms with Crippen LogP contribution in [0.25, 0.3) is 0 Å². The maximum absolute atomic E-state index is 12.1. The summed E-state index contributed by atoms with van der Waals surface area (Å²) < 4.78 is 5.09. The Bertz CT molecular complexity index is 962. The number of anilines is 4. The zero-order valence-corrected chi connectivity index (χ0v) is 15.7. The van der Waals surface area contributed by atoms with Crippen molar-refractivity contribution in [3.8, 4) is 0 Å². The number of esters is 1. The summed E-state index contributed by atoms with van der Waals surface area (Å²) >= 11 is 6.15. The highest BCUT2D eigenvalue weighted by atomic mass is 35.5. The van der Waals surface area contributed by atoms with Gasteiger partial charge in [-0.3, -0.25) is 0 Å². The molecule has 0 radical (unpaired) electrons. The number of nitrogens with one attached hydrogen (secondary N) is 2. The number of hydrogen-bond acceptors (Lipinski definition) is 6. The smallest absolute Gasteiger partial charge is 0.340 e. The number of hydrogen-bond donors (Lipinski definition) is 2. The van der Waals surface area contributed by atoms with Crippen molar-refractivity contribution < 1.29 is 9.53 Å². The van der Waals surface area contributed by atoms with Gasteiger partial charge in [-0.05, 0) is 49.7 Å². The molecule has 0 unspecified atom stereocenters. The van der Waals surface area contributed by atoms with Gasteiger partial charge in [-0.2, -0.15) is 4.98 Å². The predicted molar refractivity (Wildman–Crippen MR) is 107 cm³/mol. The lowest BCUT2D eigenvalue weighted by molar-refractivity contribution is 0.0527. The summed E-state index contributed by atoms with van der Waals surface area (Å²) in [4.78, 5) is 20.8. The third kappa shape index (κ3) is 4.74. The van der Waals surface area contributed by atoms with Crippen LogP contribution in [0.15, 0.2) is 54.7 Å². The van der Waals surface area contributed by atoms with Crippen molar-refractivity contribution in [2.45, 2.75) is 13.8 Å². The largest absolute Gasteiger partial charge is 0.462 e. The van der Waals surface area contributed by atoms with E-state index in [0.29, 0.717) is 34.6 Å². The number of carbonyl (C=O) groups is 1. The Morgan fingerprint density at radius 2 is 1.96 bits per heavy atom. The molecule has 6 nitrogen and oxygen atoms in total. The van der Waals surface area contributed by atoms with E-state index in [2.05, 4.69) is 20.6 Å². The van der Waals surface area contributed by atoms with E-state index in [-0.39, 0.29) is 5.97 Å². The van der Waals surface area contributed by atoms with Crippen molar-refractivity contribution in [2.24, 2.45) is 0 Å². The van der Waals surface area contributed by atoms with Gasteiger partial charge in [0.2, 0.25) is 5.95 Å². The molecule has 0 saturated carbocycles. The van der Waals surface area contributed by atoms with Gasteiger partial charge >= 0.3 is 5.97 Å². The van der Waals surface area contributed by atoms with E-state index in [1.807, 2.05) is 31.2 Å². The minimum atomic E-state index is -0.387. The van der Waals surface area contributed by atoms with Crippen LogP contribution in [-0.2, 0) is 4.74 Å². The molecule has 3 rings (SSSR count). The third-order valence-electron chi connectivity index (χ3n) is 3.77. The first kappa shape index (κ1) is 18.7. The fourth-order valence-electron chi connectivity index (χ4n) is 2.41. The quantitative estimate of drug-likeness (QED) is 0.577. The molecule has 0 bridgehead atoms. The first-order valence-corrected chi connectivity index (χ1v) is 8.84. The van der Waals surface area contributed by atoms with Gasteiger partial charge in [0.25, 0.3) is 0 Å². The summed E-state index contributed by atoms with van der Waals surface area (Å²) in [7, 11) is 0. The van der Waals surface area contributed by atoms with E-state index < -0.39 is 0 Å². The van der Waals surface area contributed by atoms with Gasteiger partial charge in [0.1, 0.15) is 5.82 Å². The van der Waals surface area contributed by atoms with Crippen molar-refractivity contribution in [3.05, 3.63) is 70.9 Å². The number of aromatic nitrogens is 2. The van der Waals surface area contributed by atoms with Crippen LogP contribution in [0.2, 0.25) is 5.02 Å². The Kier molecular flexibility index (Phi) is 5.88. The monoisotopic (exact) mass is 382 g/mol. The minimum absolute atomic E-state index is 0.313. The van der Waals surface area contributed by atoms with E-state index in [1.54, 1.807) is 37.4 Å². The standard InChI is InChI=1S/C20H19ClN4O2/c1-3-27-19(26)15-6-4-5-7-17(15)24-18-10-11-22-20(25-18)23-14-9-8-13(2)16(21)12-14/h4-12H,3H2,1-2H3,(H2,22,23,24,25). The van der Waals surface area contributed by atoms with Gasteiger partial charge in [-0.15, -0.1) is 0 Å². The lowest BCUT2D eigenvalue weighted by Crippen LogP contribution is -2.08. The number of para-hydroxylation sites is 1. The molecule has 7 heteroatoms. The summed E-state index contributed by atoms with van der Waals surface area (Å²) in [5.41, 5.74) is 2.83. The number of halogens is 1. The summed E-state index contributed by atoms with van der Waals surface area (Å²) in [6, 6.07) is 14.5. The predicted octanol–water partition coefficient (Wildman–Crippen LogP) is 5.10. The summed E-state index contributed by atoms with van der Waals surface area (Å²) in [6.07, 6.45) is 1.63. The molecule has 0 amide bonds. The minimum Gasteiger partial charge on any atom is -0.462 e. The highest BCUT2D eigenvalue weighted by Crippen LogP contribution is 2.24. The molecule has 3 aromatic rings. The van der Waals surface area contributed by atoms with Crippen LogP contribution in [-0.4, -0.2) is 22.5 Å². The Labute approximate surface area is 162 Å². The molecule has 0 spiro atoms. The van der Waals surface area contributed by atoms with E-state index in [9.17, 15) is 4.79 Å². The average Bonchev–Trinajstić information content (AvgIpc) is 2.66. The molecular formula is C20H19ClN4O2. The van der Waals surface area contributed by atoms with Crippen molar-refractivity contribution in [3.63, 3.8) is 0 Å². The van der Waals surface area contributed by atoms with E-state index in [1.165, 1.54) is 0 Å². The molecule has 0 saturated heterocycles. The van der Waals surface area contributed by atoms with Crippen LogP contribution in [0, 0.1) is 6.92 Å². The molecule has 2 aromatic carbocycles. The summed E-state index contributed by atoms with van der Waals surface area (Å²) in [5.74, 6) is 0.568. The molecule has 0 aliphatic rings. The van der Waals surface area contributed by atoms with Crippen LogP contribution in [0.3, 0.4) is 0 Å². The molecule has 0 fully saturated rings. The second kappa shape index (κ2) is 8.51. The highest BCUT2D eigenvalue weighted by molar-refractivity contribution is 6.31. The zero-order valence-electron chi connectivity index (χ0n) is 15.0. The van der Waals surface area contributed by atoms with Crippen LogP contribution in [0.5, 0.6) is 0 Å². The van der Waals surface area contributed by atoms with Crippen LogP contribution < -0.4 is 10.6 Å². The van der Waals surface area contributed by atoms with Crippen molar-refractivity contribution >= 4 is 40.7 Å². The van der Waals surface area contributed by atoms with Crippen molar-refractivity contribution in [1.29, 1.82) is 0 Å². The third-order valence-corrected chi connectivity index (χ3v) is 4.18. The molecule has 0 aliphatic heterocycles. The first-order chi connectivity index (χ1) is 13.1. The molecule has 1 heterocycles. The van der Waals surface area contributed by atoms with Gasteiger partial charge in [-0.25, -0.2) is 9.78 Å². The molecule has 0 aliphatic carbocycles. The van der Waals surface area contributed by atoms with Gasteiger partial charge in [0, 0.05) is 16.9 Å². The average molecular weight is 383 g/mol. The van der Waals surface area contributed by atoms with Crippen LogP contribution in [0.4, 0.5) is 23.1 Å². The first-order valence-electron chi connectivity index (χ1n) is 8.46. The summed E-state index contributed by atoms with van der Waals surface area (Å²) in [5, 5.41) is 6.92. The van der Waals surface area contributed by atoms with Crippen LogP contribution >= 0.6 is 11.6 Å². The summed E-state index contributed by atoms with van der Waals surface area (Å²) in [6.45, 7) is 4.02. The fraction of sp³-hybridized carbons (Fsp3) is 0.150.